The van der Waals surface area contributed by atoms with Crippen LogP contribution in [0, 0.1) is 19.8 Å². The van der Waals surface area contributed by atoms with Crippen molar-refractivity contribution in [2.75, 3.05) is 26.2 Å². The maximum Gasteiger partial charge on any atom is 0.231 e. The number of nitrogens with two attached hydrogens (primary N) is 1. The molecule has 0 atom stereocenters. The summed E-state index contributed by atoms with van der Waals surface area (Å²) in [6.07, 6.45) is 1.51. The predicted molar refractivity (Wildman–Crippen MR) is 88.1 cm³/mol. The first kappa shape index (κ1) is 17.7. The Balaban J connectivity index is 1.73. The quantitative estimate of drug-likeness (QED) is 0.786. The highest BCUT2D eigenvalue weighted by atomic mass is 35.5. The number of piperidine rings is 1. The highest BCUT2D eigenvalue weighted by Crippen LogP contribution is 2.19. The number of aryl methyl sites for hydroxylation is 1. The molecule has 23 heavy (non-hydrogen) atoms. The Morgan fingerprint density at radius 2 is 2.00 bits per heavy atom. The lowest BCUT2D eigenvalue weighted by Crippen LogP contribution is -2.43. The molecule has 2 rings (SSSR count). The molecule has 8 heteroatoms. The Kier molecular flexibility index (Phi) is 6.01. The molecule has 1 aliphatic rings. The summed E-state index contributed by atoms with van der Waals surface area (Å²) >= 11 is 6.10. The monoisotopic (exact) mass is 341 g/mol. The second-order valence-electron chi connectivity index (χ2n) is 6.02. The molecule has 0 spiro atoms. The van der Waals surface area contributed by atoms with Gasteiger partial charge in [0.2, 0.25) is 11.8 Å². The van der Waals surface area contributed by atoms with E-state index >= 15 is 0 Å². The van der Waals surface area contributed by atoms with Gasteiger partial charge in [-0.1, -0.05) is 11.6 Å². The molecular formula is C15H24ClN5O2. The van der Waals surface area contributed by atoms with Gasteiger partial charge in [0.05, 0.1) is 29.5 Å². The molecule has 1 saturated heterocycles. The van der Waals surface area contributed by atoms with Crippen LogP contribution in [0.15, 0.2) is 0 Å². The third kappa shape index (κ3) is 4.68. The molecule has 0 saturated carbocycles. The smallest absolute Gasteiger partial charge is 0.231 e. The summed E-state index contributed by atoms with van der Waals surface area (Å²) in [6, 6.07) is 0. The maximum atomic E-state index is 12.2. The number of primary amides is 1. The number of hydrogen-bond acceptors (Lipinski definition) is 4. The maximum absolute atomic E-state index is 12.2. The third-order valence-electron chi connectivity index (χ3n) is 4.25. The van der Waals surface area contributed by atoms with Crippen LogP contribution in [0.5, 0.6) is 0 Å². The zero-order valence-corrected chi connectivity index (χ0v) is 14.4. The number of aromatic nitrogens is 2. The fourth-order valence-electron chi connectivity index (χ4n) is 2.90. The van der Waals surface area contributed by atoms with E-state index in [0.29, 0.717) is 18.1 Å². The van der Waals surface area contributed by atoms with Gasteiger partial charge in [0.25, 0.3) is 0 Å². The number of carbonyl (C=O) groups excluding carboxylic acids is 2. The standard InChI is InChI=1S/C15H24ClN5O2/c1-10-14(16)11(2)21(19-10)8-5-18-15(23)12-3-6-20(7-4-12)9-13(17)22/h12H,3-9H2,1-2H3,(H2,17,22)(H,18,23). The topological polar surface area (TPSA) is 93.2 Å². The number of rotatable bonds is 6. The molecule has 3 N–H and O–H groups in total. The van der Waals surface area contributed by atoms with Gasteiger partial charge in [-0.3, -0.25) is 19.2 Å². The highest BCUT2D eigenvalue weighted by molar-refractivity contribution is 6.31. The van der Waals surface area contributed by atoms with Crippen LogP contribution in [0.1, 0.15) is 24.2 Å². The van der Waals surface area contributed by atoms with Gasteiger partial charge < -0.3 is 11.1 Å². The Hall–Kier alpha value is -1.60. The van der Waals surface area contributed by atoms with Crippen LogP contribution in [0.4, 0.5) is 0 Å². The number of halogens is 1. The van der Waals surface area contributed by atoms with Crippen molar-refractivity contribution in [2.24, 2.45) is 11.7 Å². The van der Waals surface area contributed by atoms with Gasteiger partial charge in [-0.2, -0.15) is 5.10 Å². The Morgan fingerprint density at radius 3 is 2.52 bits per heavy atom. The Labute approximate surface area is 141 Å². The van der Waals surface area contributed by atoms with E-state index in [1.807, 2.05) is 23.4 Å². The van der Waals surface area contributed by atoms with E-state index in [2.05, 4.69) is 10.4 Å². The molecule has 128 valence electrons. The molecule has 0 aromatic carbocycles. The van der Waals surface area contributed by atoms with Crippen LogP contribution >= 0.6 is 11.6 Å². The minimum absolute atomic E-state index is 0.00293. The summed E-state index contributed by atoms with van der Waals surface area (Å²) < 4.78 is 1.81. The molecule has 1 fully saturated rings. The first-order valence-electron chi connectivity index (χ1n) is 7.86. The molecular weight excluding hydrogens is 318 g/mol. The summed E-state index contributed by atoms with van der Waals surface area (Å²) in [5, 5.41) is 7.98. The van der Waals surface area contributed by atoms with E-state index in [1.54, 1.807) is 0 Å². The van der Waals surface area contributed by atoms with Crippen molar-refractivity contribution in [3.63, 3.8) is 0 Å². The summed E-state index contributed by atoms with van der Waals surface area (Å²) in [5.74, 6) is -0.254. The van der Waals surface area contributed by atoms with Crippen molar-refractivity contribution >= 4 is 23.4 Å². The van der Waals surface area contributed by atoms with Gasteiger partial charge in [-0.05, 0) is 39.8 Å². The molecule has 0 radical (unpaired) electrons. The van der Waals surface area contributed by atoms with Gasteiger partial charge in [-0.25, -0.2) is 0 Å². The lowest BCUT2D eigenvalue weighted by atomic mass is 9.96. The zero-order valence-electron chi connectivity index (χ0n) is 13.6. The van der Waals surface area contributed by atoms with E-state index in [9.17, 15) is 9.59 Å². The number of hydrogen-bond donors (Lipinski definition) is 2. The normalized spacial score (nSPS) is 16.5. The van der Waals surface area contributed by atoms with E-state index in [0.717, 1.165) is 37.3 Å². The minimum Gasteiger partial charge on any atom is -0.369 e. The van der Waals surface area contributed by atoms with Crippen molar-refractivity contribution in [1.82, 2.24) is 20.0 Å². The van der Waals surface area contributed by atoms with E-state index in [-0.39, 0.29) is 24.3 Å². The van der Waals surface area contributed by atoms with Gasteiger partial charge in [0.15, 0.2) is 0 Å². The molecule has 0 unspecified atom stereocenters. The summed E-state index contributed by atoms with van der Waals surface area (Å²) in [7, 11) is 0. The Bertz CT molecular complexity index is 579. The summed E-state index contributed by atoms with van der Waals surface area (Å²) in [4.78, 5) is 25.1. The SMILES string of the molecule is Cc1nn(CCNC(=O)C2CCN(CC(N)=O)CC2)c(C)c1Cl. The van der Waals surface area contributed by atoms with Crippen LogP contribution in [0.25, 0.3) is 0 Å². The zero-order chi connectivity index (χ0) is 17.0. The van der Waals surface area contributed by atoms with E-state index in [4.69, 9.17) is 17.3 Å². The molecule has 0 bridgehead atoms. The van der Waals surface area contributed by atoms with Crippen LogP contribution in [-0.2, 0) is 16.1 Å². The van der Waals surface area contributed by atoms with Crippen LogP contribution in [0.3, 0.4) is 0 Å². The van der Waals surface area contributed by atoms with Crippen LogP contribution in [0.2, 0.25) is 5.02 Å². The van der Waals surface area contributed by atoms with Crippen molar-refractivity contribution < 1.29 is 9.59 Å². The lowest BCUT2D eigenvalue weighted by molar-refractivity contribution is -0.126. The second-order valence-corrected chi connectivity index (χ2v) is 6.39. The number of nitrogens with zero attached hydrogens (tertiary/aromatic N) is 3. The van der Waals surface area contributed by atoms with E-state index < -0.39 is 0 Å². The first-order chi connectivity index (χ1) is 10.9. The first-order valence-corrected chi connectivity index (χ1v) is 8.24. The predicted octanol–water partition coefficient (Wildman–Crippen LogP) is 0.467. The third-order valence-corrected chi connectivity index (χ3v) is 4.80. The van der Waals surface area contributed by atoms with Gasteiger partial charge in [-0.15, -0.1) is 0 Å². The fraction of sp³-hybridized carbons (Fsp3) is 0.667. The second kappa shape index (κ2) is 7.79. The average Bonchev–Trinajstić information content (AvgIpc) is 2.74. The summed E-state index contributed by atoms with van der Waals surface area (Å²) in [6.45, 7) is 6.64. The number of amides is 2. The fourth-order valence-corrected chi connectivity index (χ4v) is 3.03. The number of likely N-dealkylation sites (tertiary alicyclic amines) is 1. The molecule has 1 aromatic rings. The molecule has 2 heterocycles. The van der Waals surface area contributed by atoms with Crippen LogP contribution < -0.4 is 11.1 Å². The molecule has 1 aromatic heterocycles. The molecule has 2 amide bonds. The van der Waals surface area contributed by atoms with E-state index in [1.165, 1.54) is 0 Å². The highest BCUT2D eigenvalue weighted by Gasteiger charge is 2.25. The lowest BCUT2D eigenvalue weighted by Gasteiger charge is -2.30. The number of nitrogens with one attached hydrogen (secondary N) is 1. The van der Waals surface area contributed by atoms with Gasteiger partial charge in [0, 0.05) is 12.5 Å². The van der Waals surface area contributed by atoms with Gasteiger partial charge in [0.1, 0.15) is 0 Å². The minimum atomic E-state index is -0.323. The molecule has 1 aliphatic heterocycles. The average molecular weight is 342 g/mol. The van der Waals surface area contributed by atoms with Gasteiger partial charge >= 0.3 is 0 Å². The number of carbonyl (C=O) groups is 2. The van der Waals surface area contributed by atoms with Crippen molar-refractivity contribution in [3.8, 4) is 0 Å². The summed E-state index contributed by atoms with van der Waals surface area (Å²) in [5.41, 5.74) is 6.90. The van der Waals surface area contributed by atoms with Crippen molar-refractivity contribution in [2.45, 2.75) is 33.2 Å². The van der Waals surface area contributed by atoms with Crippen molar-refractivity contribution in [3.05, 3.63) is 16.4 Å². The van der Waals surface area contributed by atoms with Crippen LogP contribution in [-0.4, -0.2) is 52.7 Å². The van der Waals surface area contributed by atoms with Crippen molar-refractivity contribution in [1.29, 1.82) is 0 Å². The largest absolute Gasteiger partial charge is 0.369 e. The molecule has 7 nitrogen and oxygen atoms in total. The molecule has 0 aliphatic carbocycles. The Morgan fingerprint density at radius 1 is 1.35 bits per heavy atom.